The van der Waals surface area contributed by atoms with Crippen LogP contribution in [0.4, 0.5) is 5.95 Å². The molecule has 0 saturated heterocycles. The normalized spacial score (nSPS) is 11.7. The van der Waals surface area contributed by atoms with Crippen molar-refractivity contribution in [1.29, 1.82) is 0 Å². The summed E-state index contributed by atoms with van der Waals surface area (Å²) in [4.78, 5) is 19.1. The molecule has 0 bridgehead atoms. The van der Waals surface area contributed by atoms with E-state index >= 15 is 0 Å². The molecule has 0 spiro atoms. The van der Waals surface area contributed by atoms with Crippen LogP contribution in [0.1, 0.15) is 96.9 Å². The number of rotatable bonds is 13. The third-order valence-electron chi connectivity index (χ3n) is 5.28. The quantitative estimate of drug-likeness (QED) is 0.458. The average molecular weight is 361 g/mol. The monoisotopic (exact) mass is 360 g/mol. The van der Waals surface area contributed by atoms with E-state index in [-0.39, 0.29) is 11.5 Å². The Morgan fingerprint density at radius 2 is 1.58 bits per heavy atom. The molecule has 0 aromatic carbocycles. The molecular formula is C21H36N4O. The molecule has 2 aromatic heterocycles. The predicted molar refractivity (Wildman–Crippen MR) is 111 cm³/mol. The molecule has 146 valence electrons. The summed E-state index contributed by atoms with van der Waals surface area (Å²) in [7, 11) is 0. The van der Waals surface area contributed by atoms with Gasteiger partial charge in [0, 0.05) is 12.2 Å². The molecular weight excluding hydrogens is 324 g/mol. The first kappa shape index (κ1) is 20.5. The second-order valence-corrected chi connectivity index (χ2v) is 7.47. The van der Waals surface area contributed by atoms with Crippen molar-refractivity contribution in [1.82, 2.24) is 14.5 Å². The van der Waals surface area contributed by atoms with Gasteiger partial charge in [-0.05, 0) is 18.9 Å². The van der Waals surface area contributed by atoms with Crippen LogP contribution in [0.2, 0.25) is 0 Å². The molecule has 5 nitrogen and oxygen atoms in total. The van der Waals surface area contributed by atoms with Gasteiger partial charge >= 0.3 is 0 Å². The van der Waals surface area contributed by atoms with Crippen LogP contribution in [0.5, 0.6) is 0 Å². The van der Waals surface area contributed by atoms with Gasteiger partial charge in [-0.1, -0.05) is 78.1 Å². The minimum Gasteiger partial charge on any atom is -0.369 e. The fourth-order valence-corrected chi connectivity index (χ4v) is 3.74. The van der Waals surface area contributed by atoms with Crippen LogP contribution in [-0.2, 0) is 0 Å². The SMILES string of the molecule is CCCCCCCC(CCCCCCC)n1ccc2c(=O)[nH]c(N)nc21. The molecule has 0 saturated carbocycles. The maximum atomic E-state index is 12.1. The molecule has 0 atom stereocenters. The number of nitrogens with two attached hydrogens (primary N) is 1. The van der Waals surface area contributed by atoms with Gasteiger partial charge < -0.3 is 10.3 Å². The standard InChI is InChI=1S/C21H36N4O/c1-3-5-7-9-11-13-17(14-12-10-8-6-4-2)25-16-15-18-19(25)23-21(22)24-20(18)26/h15-17H,3-14H2,1-2H3,(H3,22,23,24,26). The molecule has 0 unspecified atom stereocenters. The Morgan fingerprint density at radius 3 is 2.15 bits per heavy atom. The van der Waals surface area contributed by atoms with Crippen LogP contribution < -0.4 is 11.3 Å². The zero-order chi connectivity index (χ0) is 18.8. The molecule has 26 heavy (non-hydrogen) atoms. The minimum absolute atomic E-state index is 0.143. The number of aromatic nitrogens is 3. The first-order valence-electron chi connectivity index (χ1n) is 10.5. The lowest BCUT2D eigenvalue weighted by atomic mass is 10.00. The second-order valence-electron chi connectivity index (χ2n) is 7.47. The Labute approximate surface area is 157 Å². The molecule has 0 aliphatic rings. The Bertz CT molecular complexity index is 690. The highest BCUT2D eigenvalue weighted by Crippen LogP contribution is 2.27. The van der Waals surface area contributed by atoms with Crippen molar-refractivity contribution in [2.45, 2.75) is 96.9 Å². The molecule has 0 fully saturated rings. The van der Waals surface area contributed by atoms with E-state index in [1.165, 1.54) is 64.2 Å². The van der Waals surface area contributed by atoms with Crippen LogP contribution in [0.25, 0.3) is 11.0 Å². The van der Waals surface area contributed by atoms with Crippen LogP contribution in [0.15, 0.2) is 17.1 Å². The molecule has 2 aromatic rings. The topological polar surface area (TPSA) is 76.7 Å². The van der Waals surface area contributed by atoms with E-state index in [0.717, 1.165) is 18.5 Å². The lowest BCUT2D eigenvalue weighted by Gasteiger charge is -2.20. The fourth-order valence-electron chi connectivity index (χ4n) is 3.74. The van der Waals surface area contributed by atoms with E-state index < -0.39 is 0 Å². The molecule has 3 N–H and O–H groups in total. The summed E-state index contributed by atoms with van der Waals surface area (Å²) in [6.07, 6.45) is 17.2. The number of anilines is 1. The van der Waals surface area contributed by atoms with E-state index in [4.69, 9.17) is 5.73 Å². The van der Waals surface area contributed by atoms with Gasteiger partial charge in [0.05, 0.1) is 5.39 Å². The molecule has 0 amide bonds. The van der Waals surface area contributed by atoms with Crippen molar-refractivity contribution in [3.8, 4) is 0 Å². The summed E-state index contributed by atoms with van der Waals surface area (Å²) < 4.78 is 2.20. The van der Waals surface area contributed by atoms with Crippen molar-refractivity contribution in [2.24, 2.45) is 0 Å². The highest BCUT2D eigenvalue weighted by Gasteiger charge is 2.16. The third kappa shape index (κ3) is 5.89. The molecule has 5 heteroatoms. The number of nitrogens with one attached hydrogen (secondary N) is 1. The maximum Gasteiger partial charge on any atom is 0.261 e. The van der Waals surface area contributed by atoms with E-state index in [0.29, 0.717) is 11.4 Å². The van der Waals surface area contributed by atoms with Crippen molar-refractivity contribution in [3.63, 3.8) is 0 Å². The lowest BCUT2D eigenvalue weighted by molar-refractivity contribution is 0.402. The van der Waals surface area contributed by atoms with Crippen molar-refractivity contribution >= 4 is 17.0 Å². The van der Waals surface area contributed by atoms with Gasteiger partial charge in [-0.3, -0.25) is 9.78 Å². The number of fused-ring (bicyclic) bond motifs is 1. The Kier molecular flexibility index (Phi) is 8.72. The lowest BCUT2D eigenvalue weighted by Crippen LogP contribution is -2.14. The summed E-state index contributed by atoms with van der Waals surface area (Å²) in [6.45, 7) is 4.50. The number of unbranched alkanes of at least 4 members (excludes halogenated alkanes) is 8. The summed E-state index contributed by atoms with van der Waals surface area (Å²) >= 11 is 0. The number of nitrogen functional groups attached to an aromatic ring is 1. The summed E-state index contributed by atoms with van der Waals surface area (Å²) in [6, 6.07) is 2.28. The van der Waals surface area contributed by atoms with Gasteiger partial charge in [0.1, 0.15) is 5.65 Å². The second kappa shape index (κ2) is 11.0. The summed E-state index contributed by atoms with van der Waals surface area (Å²) in [5.41, 5.74) is 6.37. The Morgan fingerprint density at radius 1 is 1.00 bits per heavy atom. The first-order chi connectivity index (χ1) is 12.7. The third-order valence-corrected chi connectivity index (χ3v) is 5.28. The van der Waals surface area contributed by atoms with Gasteiger partial charge in [-0.2, -0.15) is 4.98 Å². The van der Waals surface area contributed by atoms with Crippen LogP contribution in [0.3, 0.4) is 0 Å². The molecule has 0 radical (unpaired) electrons. The van der Waals surface area contributed by atoms with Crippen molar-refractivity contribution in [2.75, 3.05) is 5.73 Å². The number of H-pyrrole nitrogens is 1. The van der Waals surface area contributed by atoms with E-state index in [2.05, 4.69) is 28.4 Å². The van der Waals surface area contributed by atoms with Gasteiger partial charge in [0.25, 0.3) is 5.56 Å². The van der Waals surface area contributed by atoms with Gasteiger partial charge in [0.15, 0.2) is 0 Å². The Hall–Kier alpha value is -1.78. The average Bonchev–Trinajstić information content (AvgIpc) is 3.03. The molecule has 2 rings (SSSR count). The molecule has 0 aliphatic carbocycles. The smallest absolute Gasteiger partial charge is 0.261 e. The molecule has 2 heterocycles. The van der Waals surface area contributed by atoms with Gasteiger partial charge in [-0.15, -0.1) is 0 Å². The van der Waals surface area contributed by atoms with Crippen LogP contribution in [-0.4, -0.2) is 14.5 Å². The van der Waals surface area contributed by atoms with E-state index in [1.54, 1.807) is 0 Å². The fraction of sp³-hybridized carbons (Fsp3) is 0.714. The van der Waals surface area contributed by atoms with Crippen LogP contribution in [0, 0.1) is 0 Å². The number of nitrogens with zero attached hydrogens (tertiary/aromatic N) is 2. The largest absolute Gasteiger partial charge is 0.369 e. The predicted octanol–water partition coefficient (Wildman–Crippen LogP) is 5.57. The zero-order valence-electron chi connectivity index (χ0n) is 16.6. The van der Waals surface area contributed by atoms with Crippen molar-refractivity contribution in [3.05, 3.63) is 22.6 Å². The zero-order valence-corrected chi connectivity index (χ0v) is 16.6. The number of aromatic amines is 1. The summed E-state index contributed by atoms with van der Waals surface area (Å²) in [5, 5.41) is 0.640. The van der Waals surface area contributed by atoms with Crippen LogP contribution >= 0.6 is 0 Å². The number of hydrogen-bond donors (Lipinski definition) is 2. The van der Waals surface area contributed by atoms with E-state index in [1.807, 2.05) is 12.3 Å². The molecule has 0 aliphatic heterocycles. The van der Waals surface area contributed by atoms with Gasteiger partial charge in [-0.25, -0.2) is 0 Å². The summed E-state index contributed by atoms with van der Waals surface area (Å²) in [5.74, 6) is 0.201. The maximum absolute atomic E-state index is 12.1. The first-order valence-corrected chi connectivity index (χ1v) is 10.5. The van der Waals surface area contributed by atoms with Gasteiger partial charge in [0.2, 0.25) is 5.95 Å². The minimum atomic E-state index is -0.143. The van der Waals surface area contributed by atoms with Crippen molar-refractivity contribution < 1.29 is 0 Å². The van der Waals surface area contributed by atoms with E-state index in [9.17, 15) is 4.79 Å². The number of hydrogen-bond acceptors (Lipinski definition) is 3. The highest BCUT2D eigenvalue weighted by atomic mass is 16.1. The Balaban J connectivity index is 2.07. The highest BCUT2D eigenvalue weighted by molar-refractivity contribution is 5.76.